The fourth-order valence-corrected chi connectivity index (χ4v) is 0.450. The molecule has 2 nitrogen and oxygen atoms in total. The molecule has 1 N–H and O–H groups in total. The number of hydrogen-bond donors (Lipinski definition) is 1. The normalized spacial score (nSPS) is 12.8. The van der Waals surface area contributed by atoms with Gasteiger partial charge in [-0.15, -0.1) is 0 Å². The Morgan fingerprint density at radius 2 is 1.53 bits per heavy atom. The van der Waals surface area contributed by atoms with E-state index in [0.29, 0.717) is 0 Å². The molecule has 0 unspecified atom stereocenters. The van der Waals surface area contributed by atoms with Gasteiger partial charge in [0.2, 0.25) is 0 Å². The quantitative estimate of drug-likeness (QED) is 0.751. The highest BCUT2D eigenvalue weighted by molar-refractivity contribution is 4.90. The van der Waals surface area contributed by atoms with Crippen LogP contribution in [-0.4, -0.2) is 23.9 Å². The second kappa shape index (κ2) is 4.79. The van der Waals surface area contributed by atoms with E-state index in [9.17, 15) is 30.7 Å². The molecule has 0 radical (unpaired) electrons. The molecule has 0 saturated carbocycles. The van der Waals surface area contributed by atoms with Crippen LogP contribution in [0.1, 0.15) is 6.42 Å². The van der Waals surface area contributed by atoms with Crippen molar-refractivity contribution in [3.63, 3.8) is 0 Å². The van der Waals surface area contributed by atoms with E-state index >= 15 is 0 Å². The van der Waals surface area contributed by atoms with Crippen LogP contribution in [-0.2, 0) is 4.74 Å². The molecule has 0 aromatic carbocycles. The van der Waals surface area contributed by atoms with E-state index in [1.165, 1.54) is 0 Å². The van der Waals surface area contributed by atoms with Gasteiger partial charge >= 0.3 is 18.3 Å². The van der Waals surface area contributed by atoms with Crippen molar-refractivity contribution in [3.8, 4) is 0 Å². The lowest BCUT2D eigenvalue weighted by atomic mass is 10.4. The van der Waals surface area contributed by atoms with Crippen molar-refractivity contribution in [3.05, 3.63) is 11.9 Å². The van der Waals surface area contributed by atoms with Gasteiger partial charge in [-0.3, -0.25) is 0 Å². The van der Waals surface area contributed by atoms with Gasteiger partial charge in [0.25, 0.3) is 0 Å². The molecule has 0 amide bonds. The van der Waals surface area contributed by atoms with Gasteiger partial charge in [0.05, 0.1) is 6.61 Å². The van der Waals surface area contributed by atoms with E-state index in [-0.39, 0.29) is 0 Å². The summed E-state index contributed by atoms with van der Waals surface area (Å²) in [5.74, 6) is -2.05. The highest BCUT2D eigenvalue weighted by Crippen LogP contribution is 2.33. The van der Waals surface area contributed by atoms with Crippen LogP contribution >= 0.6 is 0 Å². The Hall–Kier alpha value is -0.830. The predicted molar refractivity (Wildman–Crippen MR) is 33.0 cm³/mol. The lowest BCUT2D eigenvalue weighted by Gasteiger charge is -2.20. The summed E-state index contributed by atoms with van der Waals surface area (Å²) in [6, 6.07) is 0. The molecule has 0 fully saturated rings. The molecule has 9 heteroatoms. The summed E-state index contributed by atoms with van der Waals surface area (Å²) in [5, 5.41) is 7.56. The number of rotatable bonds is 5. The summed E-state index contributed by atoms with van der Waals surface area (Å²) in [7, 11) is 0. The first-order chi connectivity index (χ1) is 6.58. The molecular formula is C6H5F7O2. The van der Waals surface area contributed by atoms with E-state index in [4.69, 9.17) is 5.11 Å². The SMILES string of the molecule is OC(F)(F)C(F)(F)OCCC(F)=C(F)F. The first kappa shape index (κ1) is 14.2. The maximum atomic E-state index is 12.0. The summed E-state index contributed by atoms with van der Waals surface area (Å²) < 4.78 is 85.0. The Kier molecular flexibility index (Phi) is 4.53. The Bertz CT molecular complexity index is 240. The fourth-order valence-electron chi connectivity index (χ4n) is 0.450. The largest absolute Gasteiger partial charge is 0.448 e. The minimum Gasteiger partial charge on any atom is -0.329 e. The van der Waals surface area contributed by atoms with Crippen molar-refractivity contribution in [2.45, 2.75) is 18.6 Å². The van der Waals surface area contributed by atoms with Crippen LogP contribution in [0.4, 0.5) is 30.7 Å². The molecule has 15 heavy (non-hydrogen) atoms. The Labute approximate surface area is 78.9 Å². The van der Waals surface area contributed by atoms with Gasteiger partial charge in [-0.25, -0.2) is 4.39 Å². The fraction of sp³-hybridized carbons (Fsp3) is 0.667. The van der Waals surface area contributed by atoms with E-state index in [0.717, 1.165) is 0 Å². The van der Waals surface area contributed by atoms with Gasteiger partial charge in [0.1, 0.15) is 0 Å². The van der Waals surface area contributed by atoms with Crippen LogP contribution in [0.15, 0.2) is 11.9 Å². The molecule has 0 spiro atoms. The maximum Gasteiger partial charge on any atom is 0.448 e. The number of halogens is 7. The molecule has 0 atom stereocenters. The van der Waals surface area contributed by atoms with Gasteiger partial charge in [-0.2, -0.15) is 26.3 Å². The monoisotopic (exact) mass is 242 g/mol. The summed E-state index contributed by atoms with van der Waals surface area (Å²) in [4.78, 5) is 0. The molecule has 0 heterocycles. The van der Waals surface area contributed by atoms with E-state index in [1.807, 2.05) is 0 Å². The molecule has 90 valence electrons. The molecule has 0 rings (SSSR count). The second-order valence-corrected chi connectivity index (χ2v) is 2.32. The standard InChI is InChI=1S/C6H5F7O2/c7-3(4(8)9)1-2-15-6(12,13)5(10,11)14/h14H,1-2H2. The molecule has 0 aliphatic heterocycles. The first-order valence-electron chi connectivity index (χ1n) is 3.39. The average molecular weight is 242 g/mol. The van der Waals surface area contributed by atoms with Gasteiger partial charge in [-0.1, -0.05) is 0 Å². The van der Waals surface area contributed by atoms with E-state index in [2.05, 4.69) is 4.74 Å². The van der Waals surface area contributed by atoms with Gasteiger partial charge < -0.3 is 9.84 Å². The van der Waals surface area contributed by atoms with Crippen LogP contribution in [0.25, 0.3) is 0 Å². The minimum atomic E-state index is -5.46. The van der Waals surface area contributed by atoms with Crippen molar-refractivity contribution >= 4 is 0 Å². The third-order valence-corrected chi connectivity index (χ3v) is 1.16. The first-order valence-corrected chi connectivity index (χ1v) is 3.39. The van der Waals surface area contributed by atoms with Crippen LogP contribution < -0.4 is 0 Å². The molecule has 0 aliphatic carbocycles. The zero-order valence-corrected chi connectivity index (χ0v) is 6.92. The van der Waals surface area contributed by atoms with E-state index in [1.54, 1.807) is 0 Å². The van der Waals surface area contributed by atoms with Gasteiger partial charge in [0, 0.05) is 6.42 Å². The Morgan fingerprint density at radius 3 is 1.87 bits per heavy atom. The van der Waals surface area contributed by atoms with Gasteiger partial charge in [-0.05, 0) is 0 Å². The topological polar surface area (TPSA) is 29.5 Å². The lowest BCUT2D eigenvalue weighted by Crippen LogP contribution is -2.42. The van der Waals surface area contributed by atoms with Crippen LogP contribution in [0.2, 0.25) is 0 Å². The van der Waals surface area contributed by atoms with Crippen molar-refractivity contribution in [1.82, 2.24) is 0 Å². The zero-order valence-electron chi connectivity index (χ0n) is 6.92. The zero-order chi connectivity index (χ0) is 12.3. The summed E-state index contributed by atoms with van der Waals surface area (Å²) in [6.07, 6.45) is -14.8. The van der Waals surface area contributed by atoms with Crippen molar-refractivity contribution < 1.29 is 40.6 Å². The van der Waals surface area contributed by atoms with Crippen molar-refractivity contribution in [2.24, 2.45) is 0 Å². The van der Waals surface area contributed by atoms with Gasteiger partial charge in [0.15, 0.2) is 5.83 Å². The van der Waals surface area contributed by atoms with Crippen molar-refractivity contribution in [1.29, 1.82) is 0 Å². The Morgan fingerprint density at radius 1 is 1.07 bits per heavy atom. The Balaban J connectivity index is 4.14. The number of hydrogen-bond acceptors (Lipinski definition) is 2. The molecule has 0 aliphatic rings. The highest BCUT2D eigenvalue weighted by Gasteiger charge is 2.57. The summed E-state index contributed by atoms with van der Waals surface area (Å²) in [5.41, 5.74) is 0. The average Bonchev–Trinajstić information content (AvgIpc) is 2.01. The van der Waals surface area contributed by atoms with E-state index < -0.39 is 37.2 Å². The highest BCUT2D eigenvalue weighted by atomic mass is 19.3. The smallest absolute Gasteiger partial charge is 0.329 e. The predicted octanol–water partition coefficient (Wildman–Crippen LogP) is 2.65. The summed E-state index contributed by atoms with van der Waals surface area (Å²) in [6.45, 7) is -1.42. The van der Waals surface area contributed by atoms with Crippen molar-refractivity contribution in [2.75, 3.05) is 6.61 Å². The lowest BCUT2D eigenvalue weighted by molar-refractivity contribution is -0.418. The number of alkyl halides is 4. The molecular weight excluding hydrogens is 237 g/mol. The molecule has 0 saturated heterocycles. The third kappa shape index (κ3) is 4.47. The number of ether oxygens (including phenoxy) is 1. The minimum absolute atomic E-state index is 1.30. The maximum absolute atomic E-state index is 12.0. The number of aliphatic hydroxyl groups is 1. The van der Waals surface area contributed by atoms with Crippen LogP contribution in [0.5, 0.6) is 0 Å². The molecule has 0 aromatic rings. The van der Waals surface area contributed by atoms with Crippen LogP contribution in [0, 0.1) is 0 Å². The second-order valence-electron chi connectivity index (χ2n) is 2.32. The van der Waals surface area contributed by atoms with Crippen LogP contribution in [0.3, 0.4) is 0 Å². The molecule has 0 aromatic heterocycles. The summed E-state index contributed by atoms with van der Waals surface area (Å²) >= 11 is 0. The molecule has 0 bridgehead atoms. The third-order valence-electron chi connectivity index (χ3n) is 1.16.